The number of nitrogens with one attached hydrogen (secondary N) is 1. The molecule has 1 unspecified atom stereocenters. The van der Waals surface area contributed by atoms with E-state index in [1.807, 2.05) is 0 Å². The molecule has 1 aliphatic rings. The number of hydrogen-bond acceptors (Lipinski definition) is 3. The number of benzene rings is 1. The Balaban J connectivity index is 1.95. The van der Waals surface area contributed by atoms with Crippen LogP contribution in [0.5, 0.6) is 0 Å². The van der Waals surface area contributed by atoms with Gasteiger partial charge in [0, 0.05) is 38.1 Å². The fraction of sp³-hybridized carbons (Fsp3) is 0.538. The van der Waals surface area contributed by atoms with Crippen LogP contribution in [0.4, 0.5) is 11.4 Å². The van der Waals surface area contributed by atoms with Gasteiger partial charge < -0.3 is 15.1 Å². The molecule has 1 saturated heterocycles. The molecule has 1 N–H and O–H groups in total. The monoisotopic (exact) mass is 219 g/mol. The summed E-state index contributed by atoms with van der Waals surface area (Å²) in [5, 5.41) is 3.58. The highest BCUT2D eigenvalue weighted by atomic mass is 15.2. The first-order valence-corrected chi connectivity index (χ1v) is 5.87. The standard InChI is InChI=1S/C13H21N3/c1-15(2)13-6-4-11(5-7-13)14-12-8-9-16(3)10-12/h4-7,12,14H,8-10H2,1-3H3. The minimum atomic E-state index is 0.607. The summed E-state index contributed by atoms with van der Waals surface area (Å²) in [5.41, 5.74) is 2.47. The second-order valence-electron chi connectivity index (χ2n) is 4.83. The maximum absolute atomic E-state index is 3.58. The van der Waals surface area contributed by atoms with Crippen molar-refractivity contribution in [1.82, 2.24) is 4.90 Å². The van der Waals surface area contributed by atoms with Crippen molar-refractivity contribution in [3.05, 3.63) is 24.3 Å². The summed E-state index contributed by atoms with van der Waals surface area (Å²) in [7, 11) is 6.31. The van der Waals surface area contributed by atoms with Crippen LogP contribution in [0, 0.1) is 0 Å². The first-order chi connectivity index (χ1) is 7.65. The van der Waals surface area contributed by atoms with Crippen LogP contribution in [0.2, 0.25) is 0 Å². The van der Waals surface area contributed by atoms with Crippen LogP contribution >= 0.6 is 0 Å². The van der Waals surface area contributed by atoms with Crippen molar-refractivity contribution in [3.8, 4) is 0 Å². The van der Waals surface area contributed by atoms with Crippen LogP contribution in [-0.2, 0) is 0 Å². The Bertz CT molecular complexity index is 332. The van der Waals surface area contributed by atoms with E-state index in [0.29, 0.717) is 6.04 Å². The Kier molecular flexibility index (Phi) is 3.34. The van der Waals surface area contributed by atoms with Crippen molar-refractivity contribution in [2.24, 2.45) is 0 Å². The third kappa shape index (κ3) is 2.67. The minimum Gasteiger partial charge on any atom is -0.381 e. The van der Waals surface area contributed by atoms with Gasteiger partial charge in [0.1, 0.15) is 0 Å². The largest absolute Gasteiger partial charge is 0.381 e. The van der Waals surface area contributed by atoms with Crippen molar-refractivity contribution in [3.63, 3.8) is 0 Å². The third-order valence-corrected chi connectivity index (χ3v) is 3.15. The average molecular weight is 219 g/mol. The lowest BCUT2D eigenvalue weighted by molar-refractivity contribution is 0.414. The predicted molar refractivity (Wildman–Crippen MR) is 70.3 cm³/mol. The van der Waals surface area contributed by atoms with E-state index in [1.54, 1.807) is 0 Å². The number of hydrogen-bond donors (Lipinski definition) is 1. The summed E-state index contributed by atoms with van der Waals surface area (Å²) >= 11 is 0. The van der Waals surface area contributed by atoms with Crippen LogP contribution < -0.4 is 10.2 Å². The van der Waals surface area contributed by atoms with Gasteiger partial charge in [-0.2, -0.15) is 0 Å². The molecule has 0 bridgehead atoms. The summed E-state index contributed by atoms with van der Waals surface area (Å²) in [5.74, 6) is 0. The van der Waals surface area contributed by atoms with Gasteiger partial charge >= 0.3 is 0 Å². The molecule has 3 heteroatoms. The molecule has 1 fully saturated rings. The molecule has 88 valence electrons. The first-order valence-electron chi connectivity index (χ1n) is 5.87. The van der Waals surface area contributed by atoms with E-state index < -0.39 is 0 Å². The SMILES string of the molecule is CN1CCC(Nc2ccc(N(C)C)cc2)C1. The Hall–Kier alpha value is -1.22. The van der Waals surface area contributed by atoms with E-state index in [0.717, 1.165) is 6.54 Å². The van der Waals surface area contributed by atoms with Gasteiger partial charge in [-0.05, 0) is 44.3 Å². The van der Waals surface area contributed by atoms with Gasteiger partial charge in [0.2, 0.25) is 0 Å². The summed E-state index contributed by atoms with van der Waals surface area (Å²) < 4.78 is 0. The molecule has 1 aliphatic heterocycles. The summed E-state index contributed by atoms with van der Waals surface area (Å²) in [6.07, 6.45) is 1.24. The van der Waals surface area contributed by atoms with Gasteiger partial charge in [-0.15, -0.1) is 0 Å². The zero-order chi connectivity index (χ0) is 11.5. The molecule has 0 spiro atoms. The number of rotatable bonds is 3. The lowest BCUT2D eigenvalue weighted by Gasteiger charge is -2.16. The van der Waals surface area contributed by atoms with E-state index in [4.69, 9.17) is 0 Å². The van der Waals surface area contributed by atoms with Crippen LogP contribution in [0.3, 0.4) is 0 Å². The highest BCUT2D eigenvalue weighted by Gasteiger charge is 2.18. The smallest absolute Gasteiger partial charge is 0.0400 e. The van der Waals surface area contributed by atoms with E-state index in [2.05, 4.69) is 60.5 Å². The van der Waals surface area contributed by atoms with Gasteiger partial charge in [0.15, 0.2) is 0 Å². The number of likely N-dealkylation sites (tertiary alicyclic amines) is 1. The topological polar surface area (TPSA) is 18.5 Å². The lowest BCUT2D eigenvalue weighted by Crippen LogP contribution is -2.23. The molecule has 16 heavy (non-hydrogen) atoms. The second-order valence-corrected chi connectivity index (χ2v) is 4.83. The predicted octanol–water partition coefficient (Wildman–Crippen LogP) is 1.87. The van der Waals surface area contributed by atoms with E-state index in [9.17, 15) is 0 Å². The molecule has 0 aliphatic carbocycles. The van der Waals surface area contributed by atoms with Crippen LogP contribution in [-0.4, -0.2) is 45.2 Å². The Morgan fingerprint density at radius 2 is 1.94 bits per heavy atom. The molecule has 1 atom stereocenters. The molecule has 2 rings (SSSR count). The normalized spacial score (nSPS) is 21.1. The van der Waals surface area contributed by atoms with Crippen LogP contribution in [0.1, 0.15) is 6.42 Å². The first kappa shape index (κ1) is 11.3. The van der Waals surface area contributed by atoms with Crippen LogP contribution in [0.15, 0.2) is 24.3 Å². The van der Waals surface area contributed by atoms with Gasteiger partial charge in [0.05, 0.1) is 0 Å². The summed E-state index contributed by atoms with van der Waals surface area (Å²) in [6.45, 7) is 2.35. The zero-order valence-corrected chi connectivity index (χ0v) is 10.4. The maximum atomic E-state index is 3.58. The summed E-state index contributed by atoms with van der Waals surface area (Å²) in [6, 6.07) is 9.23. The number of anilines is 2. The Labute approximate surface area is 98.0 Å². The molecule has 3 nitrogen and oxygen atoms in total. The van der Waals surface area contributed by atoms with Gasteiger partial charge in [0.25, 0.3) is 0 Å². The maximum Gasteiger partial charge on any atom is 0.0400 e. The number of likely N-dealkylation sites (N-methyl/N-ethyl adjacent to an activating group) is 1. The molecular formula is C13H21N3. The van der Waals surface area contributed by atoms with Crippen molar-refractivity contribution in [2.45, 2.75) is 12.5 Å². The fourth-order valence-electron chi connectivity index (χ4n) is 2.14. The molecule has 0 amide bonds. The van der Waals surface area contributed by atoms with Crippen molar-refractivity contribution in [2.75, 3.05) is 44.4 Å². The number of nitrogens with zero attached hydrogens (tertiary/aromatic N) is 2. The Morgan fingerprint density at radius 3 is 2.44 bits per heavy atom. The molecule has 1 aromatic rings. The molecule has 1 heterocycles. The summed E-state index contributed by atoms with van der Waals surface area (Å²) in [4.78, 5) is 4.49. The van der Waals surface area contributed by atoms with E-state index in [-0.39, 0.29) is 0 Å². The highest BCUT2D eigenvalue weighted by Crippen LogP contribution is 2.18. The van der Waals surface area contributed by atoms with Gasteiger partial charge in [-0.1, -0.05) is 0 Å². The average Bonchev–Trinajstić information content (AvgIpc) is 2.65. The van der Waals surface area contributed by atoms with E-state index >= 15 is 0 Å². The van der Waals surface area contributed by atoms with Crippen molar-refractivity contribution < 1.29 is 0 Å². The van der Waals surface area contributed by atoms with Gasteiger partial charge in [-0.3, -0.25) is 0 Å². The minimum absolute atomic E-state index is 0.607. The zero-order valence-electron chi connectivity index (χ0n) is 10.4. The molecule has 0 aromatic heterocycles. The molecule has 0 radical (unpaired) electrons. The van der Waals surface area contributed by atoms with E-state index in [1.165, 1.54) is 24.3 Å². The molecular weight excluding hydrogens is 198 g/mol. The van der Waals surface area contributed by atoms with Gasteiger partial charge in [-0.25, -0.2) is 0 Å². The van der Waals surface area contributed by atoms with Crippen molar-refractivity contribution >= 4 is 11.4 Å². The Morgan fingerprint density at radius 1 is 1.25 bits per heavy atom. The van der Waals surface area contributed by atoms with Crippen molar-refractivity contribution in [1.29, 1.82) is 0 Å². The second kappa shape index (κ2) is 4.74. The quantitative estimate of drug-likeness (QED) is 0.837. The third-order valence-electron chi connectivity index (χ3n) is 3.15. The lowest BCUT2D eigenvalue weighted by atomic mass is 10.2. The molecule has 0 saturated carbocycles. The fourth-order valence-corrected chi connectivity index (χ4v) is 2.14. The highest BCUT2D eigenvalue weighted by molar-refractivity contribution is 5.54. The van der Waals surface area contributed by atoms with Crippen LogP contribution in [0.25, 0.3) is 0 Å². The molecule has 1 aromatic carbocycles.